The zero-order valence-corrected chi connectivity index (χ0v) is 18.3. The van der Waals surface area contributed by atoms with Crippen LogP contribution >= 0.6 is 11.6 Å². The summed E-state index contributed by atoms with van der Waals surface area (Å²) < 4.78 is 1.97. The van der Waals surface area contributed by atoms with E-state index in [1.54, 1.807) is 12.4 Å². The Labute approximate surface area is 186 Å². The van der Waals surface area contributed by atoms with Crippen molar-refractivity contribution in [3.05, 3.63) is 58.9 Å². The van der Waals surface area contributed by atoms with E-state index in [9.17, 15) is 9.59 Å². The quantitative estimate of drug-likeness (QED) is 0.616. The first-order valence-electron chi connectivity index (χ1n) is 10.6. The number of nitrogens with one attached hydrogen (secondary N) is 2. The van der Waals surface area contributed by atoms with E-state index in [0.29, 0.717) is 29.4 Å². The highest BCUT2D eigenvalue weighted by molar-refractivity contribution is 6.31. The van der Waals surface area contributed by atoms with Gasteiger partial charge >= 0.3 is 6.03 Å². The number of carbonyl (C=O) groups excluding carboxylic acids is 2. The minimum atomic E-state index is -0.293. The Morgan fingerprint density at radius 3 is 2.68 bits per heavy atom. The molecule has 3 amide bonds. The number of urea groups is 1. The second-order valence-electron chi connectivity index (χ2n) is 7.84. The molecule has 1 aliphatic rings. The molecule has 1 saturated heterocycles. The summed E-state index contributed by atoms with van der Waals surface area (Å²) in [6.07, 6.45) is 5.07. The van der Waals surface area contributed by atoms with Crippen LogP contribution in [0.15, 0.2) is 42.7 Å². The number of aromatic nitrogens is 2. The average molecular weight is 440 g/mol. The maximum Gasteiger partial charge on any atom is 0.319 e. The number of piperidine rings is 1. The molecule has 4 rings (SSSR count). The molecule has 0 spiro atoms. The Kier molecular flexibility index (Phi) is 6.42. The van der Waals surface area contributed by atoms with E-state index in [1.165, 1.54) is 6.42 Å². The number of benzene rings is 2. The van der Waals surface area contributed by atoms with Crippen LogP contribution in [-0.2, 0) is 6.54 Å². The normalized spacial score (nSPS) is 13.9. The monoisotopic (exact) mass is 439 g/mol. The van der Waals surface area contributed by atoms with Gasteiger partial charge in [-0.05, 0) is 62.1 Å². The van der Waals surface area contributed by atoms with Gasteiger partial charge in [0.15, 0.2) is 0 Å². The summed E-state index contributed by atoms with van der Waals surface area (Å²) >= 11 is 6.09. The highest BCUT2D eigenvalue weighted by atomic mass is 35.5. The summed E-state index contributed by atoms with van der Waals surface area (Å²) in [5.41, 5.74) is 3.99. The van der Waals surface area contributed by atoms with E-state index >= 15 is 0 Å². The van der Waals surface area contributed by atoms with Crippen LogP contribution in [-0.4, -0.2) is 46.0 Å². The maximum absolute atomic E-state index is 12.7. The van der Waals surface area contributed by atoms with Gasteiger partial charge in [-0.1, -0.05) is 17.7 Å². The lowest BCUT2D eigenvalue weighted by molar-refractivity contribution is 0.0724. The van der Waals surface area contributed by atoms with Crippen LogP contribution in [0.3, 0.4) is 0 Å². The van der Waals surface area contributed by atoms with Crippen LogP contribution in [0.2, 0.25) is 5.02 Å². The predicted molar refractivity (Wildman–Crippen MR) is 123 cm³/mol. The first-order chi connectivity index (χ1) is 15.0. The van der Waals surface area contributed by atoms with Gasteiger partial charge in [0.1, 0.15) is 0 Å². The van der Waals surface area contributed by atoms with Gasteiger partial charge in [0.05, 0.1) is 17.4 Å². The molecule has 2 aromatic carbocycles. The lowest BCUT2D eigenvalue weighted by Gasteiger charge is -2.26. The van der Waals surface area contributed by atoms with Gasteiger partial charge in [-0.3, -0.25) is 4.79 Å². The first kappa shape index (κ1) is 21.2. The van der Waals surface area contributed by atoms with Crippen molar-refractivity contribution in [2.24, 2.45) is 0 Å². The molecule has 31 heavy (non-hydrogen) atoms. The van der Waals surface area contributed by atoms with Crippen molar-refractivity contribution in [1.82, 2.24) is 19.8 Å². The highest BCUT2D eigenvalue weighted by Gasteiger charge is 2.19. The molecule has 2 heterocycles. The fourth-order valence-corrected chi connectivity index (χ4v) is 3.97. The van der Waals surface area contributed by atoms with Gasteiger partial charge in [0.25, 0.3) is 5.91 Å². The fraction of sp³-hybridized carbons (Fsp3) is 0.348. The van der Waals surface area contributed by atoms with Crippen molar-refractivity contribution < 1.29 is 9.59 Å². The number of amides is 3. The molecule has 8 heteroatoms. The predicted octanol–water partition coefficient (Wildman–Crippen LogP) is 4.45. The Bertz CT molecular complexity index is 1100. The molecule has 2 N–H and O–H groups in total. The number of rotatable bonds is 5. The molecular formula is C23H26ClN5O2. The number of likely N-dealkylation sites (tertiary alicyclic amines) is 1. The first-order valence-corrected chi connectivity index (χ1v) is 10.9. The molecular weight excluding hydrogens is 414 g/mol. The van der Waals surface area contributed by atoms with Crippen LogP contribution in [0, 0.1) is 6.92 Å². The summed E-state index contributed by atoms with van der Waals surface area (Å²) in [4.78, 5) is 31.2. The number of hydrogen-bond donors (Lipinski definition) is 2. The van der Waals surface area contributed by atoms with Gasteiger partial charge in [-0.2, -0.15) is 0 Å². The van der Waals surface area contributed by atoms with Crippen molar-refractivity contribution in [1.29, 1.82) is 0 Å². The van der Waals surface area contributed by atoms with Crippen LogP contribution in [0.1, 0.15) is 35.2 Å². The van der Waals surface area contributed by atoms with Gasteiger partial charge in [0.2, 0.25) is 0 Å². The third-order valence-corrected chi connectivity index (χ3v) is 5.99. The number of carbonyl (C=O) groups is 2. The van der Waals surface area contributed by atoms with Crippen molar-refractivity contribution >= 4 is 40.3 Å². The fourth-order valence-electron chi connectivity index (χ4n) is 3.79. The molecule has 3 aromatic rings. The van der Waals surface area contributed by atoms with E-state index < -0.39 is 0 Å². The Morgan fingerprint density at radius 2 is 1.90 bits per heavy atom. The van der Waals surface area contributed by atoms with Crippen LogP contribution in [0.25, 0.3) is 11.0 Å². The van der Waals surface area contributed by atoms with Crippen molar-refractivity contribution in [2.75, 3.05) is 25.0 Å². The topological polar surface area (TPSA) is 79.3 Å². The zero-order valence-electron chi connectivity index (χ0n) is 17.5. The maximum atomic E-state index is 12.7. The van der Waals surface area contributed by atoms with Crippen LogP contribution < -0.4 is 10.6 Å². The molecule has 1 aliphatic heterocycles. The summed E-state index contributed by atoms with van der Waals surface area (Å²) in [6.45, 7) is 4.57. The van der Waals surface area contributed by atoms with E-state index in [-0.39, 0.29) is 11.9 Å². The number of imidazole rings is 1. The Morgan fingerprint density at radius 1 is 1.10 bits per heavy atom. The van der Waals surface area contributed by atoms with Gasteiger partial charge in [-0.25, -0.2) is 9.78 Å². The summed E-state index contributed by atoms with van der Waals surface area (Å²) in [5, 5.41) is 6.23. The van der Waals surface area contributed by atoms with E-state index in [4.69, 9.17) is 11.6 Å². The number of fused-ring (bicyclic) bond motifs is 1. The third kappa shape index (κ3) is 4.99. The second-order valence-corrected chi connectivity index (χ2v) is 8.25. The molecule has 0 aliphatic carbocycles. The number of halogens is 1. The largest absolute Gasteiger partial charge is 0.339 e. The lowest BCUT2D eigenvalue weighted by atomic mass is 10.1. The van der Waals surface area contributed by atoms with E-state index in [1.807, 2.05) is 46.7 Å². The SMILES string of the molecule is Cc1ccc(NC(=O)NCCn2cnc3cc(C(=O)N4CCCCC4)ccc32)cc1Cl. The average Bonchev–Trinajstić information content (AvgIpc) is 3.18. The molecule has 7 nitrogen and oxygen atoms in total. The molecule has 1 aromatic heterocycles. The van der Waals surface area contributed by atoms with Crippen molar-refractivity contribution in [2.45, 2.75) is 32.7 Å². The second kappa shape index (κ2) is 9.39. The van der Waals surface area contributed by atoms with E-state index in [2.05, 4.69) is 15.6 Å². The zero-order chi connectivity index (χ0) is 21.8. The van der Waals surface area contributed by atoms with Gasteiger partial charge in [0, 0.05) is 42.5 Å². The van der Waals surface area contributed by atoms with Gasteiger partial charge in [-0.15, -0.1) is 0 Å². The summed E-state index contributed by atoms with van der Waals surface area (Å²) in [5.74, 6) is 0.0747. The summed E-state index contributed by atoms with van der Waals surface area (Å²) in [6, 6.07) is 10.7. The minimum Gasteiger partial charge on any atom is -0.339 e. The van der Waals surface area contributed by atoms with Gasteiger partial charge < -0.3 is 20.1 Å². The molecule has 162 valence electrons. The highest BCUT2D eigenvalue weighted by Crippen LogP contribution is 2.20. The number of nitrogens with zero attached hydrogens (tertiary/aromatic N) is 3. The Balaban J connectivity index is 1.34. The van der Waals surface area contributed by atoms with E-state index in [0.717, 1.165) is 42.5 Å². The molecule has 0 unspecified atom stereocenters. The molecule has 0 atom stereocenters. The molecule has 0 bridgehead atoms. The lowest BCUT2D eigenvalue weighted by Crippen LogP contribution is -2.35. The number of hydrogen-bond acceptors (Lipinski definition) is 3. The van der Waals surface area contributed by atoms with Crippen molar-refractivity contribution in [3.8, 4) is 0 Å². The van der Waals surface area contributed by atoms with Crippen LogP contribution in [0.5, 0.6) is 0 Å². The van der Waals surface area contributed by atoms with Crippen molar-refractivity contribution in [3.63, 3.8) is 0 Å². The smallest absolute Gasteiger partial charge is 0.319 e. The number of aryl methyl sites for hydroxylation is 1. The standard InChI is InChI=1S/C23H26ClN5O2/c1-16-5-7-18(14-19(16)24)27-23(31)25-9-12-29-15-26-20-13-17(6-8-21(20)29)22(30)28-10-3-2-4-11-28/h5-8,13-15H,2-4,9-12H2,1H3,(H2,25,27,31). The van der Waals surface area contributed by atoms with Crippen LogP contribution in [0.4, 0.5) is 10.5 Å². The molecule has 0 radical (unpaired) electrons. The Hall–Kier alpha value is -3.06. The molecule has 0 saturated carbocycles. The summed E-state index contributed by atoms with van der Waals surface area (Å²) in [7, 11) is 0. The molecule has 1 fully saturated rings. The minimum absolute atomic E-state index is 0.0747. The number of anilines is 1. The third-order valence-electron chi connectivity index (χ3n) is 5.58.